The van der Waals surface area contributed by atoms with Gasteiger partial charge in [-0.15, -0.1) is 0 Å². The van der Waals surface area contributed by atoms with Crippen LogP contribution in [-0.2, 0) is 9.59 Å². The highest BCUT2D eigenvalue weighted by Crippen LogP contribution is 2.29. The van der Waals surface area contributed by atoms with Gasteiger partial charge in [0.15, 0.2) is 5.17 Å². The highest BCUT2D eigenvalue weighted by molar-refractivity contribution is 8.15. The molecule has 110 valence electrons. The molecule has 2 aliphatic rings. The number of amidine groups is 1. The summed E-state index contributed by atoms with van der Waals surface area (Å²) in [6.07, 6.45) is 2.28. The zero-order valence-electron chi connectivity index (χ0n) is 11.1. The van der Waals surface area contributed by atoms with Crippen molar-refractivity contribution in [3.63, 3.8) is 0 Å². The molecule has 1 aliphatic carbocycles. The molecule has 1 unspecified atom stereocenters. The van der Waals surface area contributed by atoms with Gasteiger partial charge in [0.1, 0.15) is 5.25 Å². The summed E-state index contributed by atoms with van der Waals surface area (Å²) in [5, 5.41) is 6.25. The van der Waals surface area contributed by atoms with Crippen molar-refractivity contribution in [3.05, 3.63) is 29.3 Å². The van der Waals surface area contributed by atoms with Gasteiger partial charge in [-0.3, -0.25) is 14.6 Å². The molecule has 1 aromatic rings. The monoisotopic (exact) mass is 323 g/mol. The Labute approximate surface area is 131 Å². The van der Waals surface area contributed by atoms with Gasteiger partial charge >= 0.3 is 0 Å². The van der Waals surface area contributed by atoms with Crippen molar-refractivity contribution < 1.29 is 9.59 Å². The van der Waals surface area contributed by atoms with E-state index in [1.165, 1.54) is 11.8 Å². The van der Waals surface area contributed by atoms with Crippen LogP contribution in [0.15, 0.2) is 29.3 Å². The molecule has 0 spiro atoms. The molecule has 1 aliphatic heterocycles. The zero-order valence-corrected chi connectivity index (χ0v) is 12.7. The Balaban J connectivity index is 1.56. The van der Waals surface area contributed by atoms with Gasteiger partial charge in [-0.2, -0.15) is 0 Å². The van der Waals surface area contributed by atoms with Crippen LogP contribution in [0.1, 0.15) is 19.3 Å². The number of nitrogens with one attached hydrogen (secondary N) is 2. The van der Waals surface area contributed by atoms with Gasteiger partial charge in [-0.1, -0.05) is 29.4 Å². The van der Waals surface area contributed by atoms with Crippen LogP contribution in [0.2, 0.25) is 5.02 Å². The summed E-state index contributed by atoms with van der Waals surface area (Å²) in [6, 6.07) is 7.27. The maximum Gasteiger partial charge on any atom is 0.240 e. The molecule has 0 aromatic heterocycles. The minimum atomic E-state index is -0.415. The highest BCUT2D eigenvalue weighted by atomic mass is 35.5. The van der Waals surface area contributed by atoms with E-state index in [2.05, 4.69) is 15.6 Å². The van der Waals surface area contributed by atoms with E-state index in [1.807, 2.05) is 0 Å². The third-order valence-electron chi connectivity index (χ3n) is 3.10. The minimum Gasteiger partial charge on any atom is -0.326 e. The molecule has 2 fully saturated rings. The summed E-state index contributed by atoms with van der Waals surface area (Å²) in [5.74, 6) is -0.363. The fourth-order valence-electron chi connectivity index (χ4n) is 1.92. The number of amides is 2. The van der Waals surface area contributed by atoms with Crippen LogP contribution in [0.25, 0.3) is 0 Å². The van der Waals surface area contributed by atoms with Crippen molar-refractivity contribution in [3.8, 4) is 0 Å². The molecule has 5 nitrogen and oxygen atoms in total. The summed E-state index contributed by atoms with van der Waals surface area (Å²) in [6.45, 7) is 0. The van der Waals surface area contributed by atoms with Crippen molar-refractivity contribution in [2.75, 3.05) is 5.32 Å². The Morgan fingerprint density at radius 2 is 2.29 bits per heavy atom. The van der Waals surface area contributed by atoms with Crippen LogP contribution in [0.4, 0.5) is 5.69 Å². The zero-order chi connectivity index (χ0) is 14.8. The van der Waals surface area contributed by atoms with E-state index in [1.54, 1.807) is 24.3 Å². The smallest absolute Gasteiger partial charge is 0.240 e. The number of rotatable bonds is 4. The lowest BCUT2D eigenvalue weighted by atomic mass is 10.2. The number of aliphatic imine (C=N–C) groups is 1. The number of nitrogens with zero attached hydrogens (tertiary/aromatic N) is 1. The number of thioether (sulfide) groups is 1. The standard InChI is InChI=1S/C14H14ClN3O2S/c15-8-2-1-3-10(6-8)16-12(19)7-11-13(20)18-14(21-11)17-9-4-5-9/h1-3,6,9,11H,4-5,7H2,(H,16,19)(H,17,18,20). The molecule has 1 saturated heterocycles. The summed E-state index contributed by atoms with van der Waals surface area (Å²) in [4.78, 5) is 28.2. The summed E-state index contributed by atoms with van der Waals surface area (Å²) >= 11 is 7.19. The molecule has 1 atom stereocenters. The fourth-order valence-corrected chi connectivity index (χ4v) is 3.15. The number of carbonyl (C=O) groups is 2. The van der Waals surface area contributed by atoms with E-state index < -0.39 is 5.25 Å². The molecule has 3 rings (SSSR count). The predicted octanol–water partition coefficient (Wildman–Crippen LogP) is 2.42. The Morgan fingerprint density at radius 1 is 1.48 bits per heavy atom. The SMILES string of the molecule is O=C(CC1SC(=NC2CC2)NC1=O)Nc1cccc(Cl)c1. The molecule has 21 heavy (non-hydrogen) atoms. The Bertz CT molecular complexity index is 616. The second-order valence-corrected chi connectivity index (χ2v) is 6.65. The van der Waals surface area contributed by atoms with Gasteiger partial charge in [0.05, 0.1) is 6.04 Å². The largest absolute Gasteiger partial charge is 0.326 e. The van der Waals surface area contributed by atoms with Gasteiger partial charge in [0, 0.05) is 17.1 Å². The van der Waals surface area contributed by atoms with Crippen molar-refractivity contribution in [1.82, 2.24) is 5.32 Å². The molecule has 1 aromatic carbocycles. The van der Waals surface area contributed by atoms with Gasteiger partial charge in [0.2, 0.25) is 11.8 Å². The Kier molecular flexibility index (Phi) is 4.17. The average Bonchev–Trinajstić information content (AvgIpc) is 3.15. The van der Waals surface area contributed by atoms with Crippen molar-refractivity contribution >= 4 is 46.0 Å². The topological polar surface area (TPSA) is 70.6 Å². The second-order valence-electron chi connectivity index (χ2n) is 5.02. The summed E-state index contributed by atoms with van der Waals surface area (Å²) in [7, 11) is 0. The first-order valence-corrected chi connectivity index (χ1v) is 7.96. The van der Waals surface area contributed by atoms with E-state index in [9.17, 15) is 9.59 Å². The molecule has 0 radical (unpaired) electrons. The lowest BCUT2D eigenvalue weighted by Gasteiger charge is -2.07. The lowest BCUT2D eigenvalue weighted by molar-refractivity contribution is -0.122. The van der Waals surface area contributed by atoms with E-state index in [4.69, 9.17) is 11.6 Å². The quantitative estimate of drug-likeness (QED) is 0.894. The number of hydrogen-bond acceptors (Lipinski definition) is 4. The molecular weight excluding hydrogens is 310 g/mol. The van der Waals surface area contributed by atoms with Crippen molar-refractivity contribution in [1.29, 1.82) is 0 Å². The number of benzene rings is 1. The van der Waals surface area contributed by atoms with Crippen molar-refractivity contribution in [2.45, 2.75) is 30.6 Å². The van der Waals surface area contributed by atoms with Crippen LogP contribution in [-0.4, -0.2) is 28.3 Å². The fraction of sp³-hybridized carbons (Fsp3) is 0.357. The Morgan fingerprint density at radius 3 is 3.00 bits per heavy atom. The van der Waals surface area contributed by atoms with E-state index in [0.717, 1.165) is 12.8 Å². The number of carbonyl (C=O) groups excluding carboxylic acids is 2. The molecule has 2 amide bonds. The first-order chi connectivity index (χ1) is 10.1. The van der Waals surface area contributed by atoms with Crippen LogP contribution in [0.3, 0.4) is 0 Å². The second kappa shape index (κ2) is 6.07. The number of anilines is 1. The van der Waals surface area contributed by atoms with Gasteiger partial charge in [0.25, 0.3) is 0 Å². The Hall–Kier alpha value is -1.53. The summed E-state index contributed by atoms with van der Waals surface area (Å²) < 4.78 is 0. The van der Waals surface area contributed by atoms with Crippen LogP contribution in [0.5, 0.6) is 0 Å². The van der Waals surface area contributed by atoms with Crippen LogP contribution < -0.4 is 10.6 Å². The van der Waals surface area contributed by atoms with E-state index in [0.29, 0.717) is 21.9 Å². The maximum atomic E-state index is 12.0. The van der Waals surface area contributed by atoms with Gasteiger partial charge < -0.3 is 10.6 Å². The maximum absolute atomic E-state index is 12.0. The molecule has 1 saturated carbocycles. The molecule has 1 heterocycles. The third-order valence-corrected chi connectivity index (χ3v) is 4.43. The number of halogens is 1. The molecule has 7 heteroatoms. The normalized spacial score (nSPS) is 23.2. The first-order valence-electron chi connectivity index (χ1n) is 6.71. The molecule has 2 N–H and O–H groups in total. The highest BCUT2D eigenvalue weighted by Gasteiger charge is 2.33. The lowest BCUT2D eigenvalue weighted by Crippen LogP contribution is -2.28. The minimum absolute atomic E-state index is 0.118. The van der Waals surface area contributed by atoms with Gasteiger partial charge in [-0.25, -0.2) is 0 Å². The average molecular weight is 324 g/mol. The van der Waals surface area contributed by atoms with Crippen LogP contribution >= 0.6 is 23.4 Å². The molecule has 0 bridgehead atoms. The number of hydrogen-bond donors (Lipinski definition) is 2. The van der Waals surface area contributed by atoms with E-state index in [-0.39, 0.29) is 18.2 Å². The van der Waals surface area contributed by atoms with Gasteiger partial charge in [-0.05, 0) is 31.0 Å². The van der Waals surface area contributed by atoms with Crippen LogP contribution in [0, 0.1) is 0 Å². The molecular formula is C14H14ClN3O2S. The third kappa shape index (κ3) is 3.98. The first kappa shape index (κ1) is 14.4. The van der Waals surface area contributed by atoms with E-state index >= 15 is 0 Å². The predicted molar refractivity (Wildman–Crippen MR) is 84.7 cm³/mol. The van der Waals surface area contributed by atoms with Crippen molar-refractivity contribution in [2.24, 2.45) is 4.99 Å². The summed E-state index contributed by atoms with van der Waals surface area (Å²) in [5.41, 5.74) is 0.628.